The fourth-order valence-corrected chi connectivity index (χ4v) is 5.56. The number of fused-ring (bicyclic) bond motifs is 1. The standard InChI is InChI=1S/C18H24N4O2S/c1-20-9-8-16(19-20)12-21-10-15-11-22(25(2,23)24)18(17(15)13-21)14-6-4-3-5-7-14/h3-9,15,17-18H,10-13H2,1-2H3/t15-,17-,18+/m1/s1. The first kappa shape index (κ1) is 16.8. The second-order valence-electron chi connectivity index (χ2n) is 7.29. The Morgan fingerprint density at radius 1 is 1.12 bits per heavy atom. The van der Waals surface area contributed by atoms with Crippen molar-refractivity contribution in [3.8, 4) is 0 Å². The van der Waals surface area contributed by atoms with Crippen LogP contribution in [0.4, 0.5) is 0 Å². The number of benzene rings is 1. The Labute approximate surface area is 149 Å². The molecule has 6 nitrogen and oxygen atoms in total. The molecule has 2 aliphatic rings. The molecule has 2 saturated heterocycles. The molecule has 0 aliphatic carbocycles. The molecule has 0 unspecified atom stereocenters. The van der Waals surface area contributed by atoms with E-state index in [0.717, 1.165) is 30.9 Å². The summed E-state index contributed by atoms with van der Waals surface area (Å²) >= 11 is 0. The van der Waals surface area contributed by atoms with E-state index in [1.165, 1.54) is 6.26 Å². The molecule has 0 bridgehead atoms. The maximum Gasteiger partial charge on any atom is 0.211 e. The molecule has 7 heteroatoms. The number of likely N-dealkylation sites (tertiary alicyclic amines) is 1. The second-order valence-corrected chi connectivity index (χ2v) is 9.22. The zero-order valence-corrected chi connectivity index (χ0v) is 15.4. The molecule has 134 valence electrons. The molecule has 1 aromatic carbocycles. The van der Waals surface area contributed by atoms with Crippen LogP contribution in [-0.4, -0.2) is 53.3 Å². The first-order chi connectivity index (χ1) is 11.9. The van der Waals surface area contributed by atoms with Gasteiger partial charge in [-0.1, -0.05) is 30.3 Å². The van der Waals surface area contributed by atoms with E-state index in [0.29, 0.717) is 18.4 Å². The molecule has 25 heavy (non-hydrogen) atoms. The van der Waals surface area contributed by atoms with E-state index in [2.05, 4.69) is 10.00 Å². The van der Waals surface area contributed by atoms with Crippen LogP contribution in [0.3, 0.4) is 0 Å². The number of nitrogens with zero attached hydrogens (tertiary/aromatic N) is 4. The van der Waals surface area contributed by atoms with Gasteiger partial charge in [0, 0.05) is 39.4 Å². The summed E-state index contributed by atoms with van der Waals surface area (Å²) in [5.41, 5.74) is 2.17. The summed E-state index contributed by atoms with van der Waals surface area (Å²) < 4.78 is 28.2. The van der Waals surface area contributed by atoms with Crippen molar-refractivity contribution in [3.05, 3.63) is 53.9 Å². The van der Waals surface area contributed by atoms with Gasteiger partial charge in [0.25, 0.3) is 0 Å². The lowest BCUT2D eigenvalue weighted by atomic mass is 9.90. The fourth-order valence-electron chi connectivity index (χ4n) is 4.41. The summed E-state index contributed by atoms with van der Waals surface area (Å²) in [5, 5.41) is 4.47. The summed E-state index contributed by atoms with van der Waals surface area (Å²) in [7, 11) is -1.29. The maximum absolute atomic E-state index is 12.3. The summed E-state index contributed by atoms with van der Waals surface area (Å²) in [6, 6.07) is 12.0. The van der Waals surface area contributed by atoms with Crippen LogP contribution in [-0.2, 0) is 23.6 Å². The molecule has 0 N–H and O–H groups in total. The molecule has 0 amide bonds. The summed E-state index contributed by atoms with van der Waals surface area (Å²) in [6.45, 7) is 3.28. The average molecular weight is 360 g/mol. The van der Waals surface area contributed by atoms with Gasteiger partial charge in [-0.2, -0.15) is 9.40 Å². The van der Waals surface area contributed by atoms with Gasteiger partial charge in [-0.05, 0) is 23.5 Å². The Kier molecular flexibility index (Phi) is 4.17. The Morgan fingerprint density at radius 2 is 1.88 bits per heavy atom. The highest BCUT2D eigenvalue weighted by Crippen LogP contribution is 2.46. The van der Waals surface area contributed by atoms with Crippen molar-refractivity contribution in [2.24, 2.45) is 18.9 Å². The Bertz CT molecular complexity index is 849. The molecule has 0 radical (unpaired) electrons. The quantitative estimate of drug-likeness (QED) is 0.829. The minimum atomic E-state index is -3.22. The number of rotatable bonds is 4. The van der Waals surface area contributed by atoms with Crippen molar-refractivity contribution in [3.63, 3.8) is 0 Å². The minimum absolute atomic E-state index is 0.0602. The van der Waals surface area contributed by atoms with Gasteiger partial charge in [-0.15, -0.1) is 0 Å². The van der Waals surface area contributed by atoms with Crippen LogP contribution in [0.15, 0.2) is 42.6 Å². The highest BCUT2D eigenvalue weighted by molar-refractivity contribution is 7.88. The minimum Gasteiger partial charge on any atom is -0.297 e. The molecule has 4 rings (SSSR count). The van der Waals surface area contributed by atoms with E-state index in [4.69, 9.17) is 0 Å². The van der Waals surface area contributed by atoms with Gasteiger partial charge in [0.15, 0.2) is 0 Å². The predicted octanol–water partition coefficient (Wildman–Crippen LogP) is 1.48. The van der Waals surface area contributed by atoms with Crippen molar-refractivity contribution in [1.29, 1.82) is 0 Å². The summed E-state index contributed by atoms with van der Waals surface area (Å²) in [4.78, 5) is 2.41. The van der Waals surface area contributed by atoms with Gasteiger partial charge < -0.3 is 0 Å². The van der Waals surface area contributed by atoms with Gasteiger partial charge in [0.1, 0.15) is 0 Å². The zero-order chi connectivity index (χ0) is 17.6. The van der Waals surface area contributed by atoms with Crippen molar-refractivity contribution < 1.29 is 8.42 Å². The monoisotopic (exact) mass is 360 g/mol. The average Bonchev–Trinajstić information content (AvgIpc) is 3.22. The Hall–Kier alpha value is -1.70. The Balaban J connectivity index is 1.57. The highest BCUT2D eigenvalue weighted by Gasteiger charge is 2.50. The SMILES string of the molecule is Cn1ccc(CN2C[C@@H]3CN(S(C)(=O)=O)[C@@H](c4ccccc4)[C@@H]3C2)n1. The van der Waals surface area contributed by atoms with Crippen molar-refractivity contribution in [2.75, 3.05) is 25.9 Å². The molecule has 3 atom stereocenters. The maximum atomic E-state index is 12.3. The van der Waals surface area contributed by atoms with Crippen LogP contribution in [0.1, 0.15) is 17.3 Å². The van der Waals surface area contributed by atoms with Crippen LogP contribution in [0.2, 0.25) is 0 Å². The number of aromatic nitrogens is 2. The third kappa shape index (κ3) is 3.23. The van der Waals surface area contributed by atoms with Gasteiger partial charge >= 0.3 is 0 Å². The topological polar surface area (TPSA) is 58.4 Å². The van der Waals surface area contributed by atoms with Gasteiger partial charge in [-0.3, -0.25) is 9.58 Å². The fraction of sp³-hybridized carbons (Fsp3) is 0.500. The zero-order valence-electron chi connectivity index (χ0n) is 14.6. The lowest BCUT2D eigenvalue weighted by Crippen LogP contribution is -2.35. The largest absolute Gasteiger partial charge is 0.297 e. The third-order valence-corrected chi connectivity index (χ3v) is 6.65. The first-order valence-corrected chi connectivity index (χ1v) is 10.5. The van der Waals surface area contributed by atoms with E-state index in [-0.39, 0.29) is 6.04 Å². The van der Waals surface area contributed by atoms with E-state index in [1.807, 2.05) is 54.3 Å². The van der Waals surface area contributed by atoms with Crippen LogP contribution in [0, 0.1) is 11.8 Å². The molecular weight excluding hydrogens is 336 g/mol. The summed E-state index contributed by atoms with van der Waals surface area (Å²) in [6.07, 6.45) is 3.29. The van der Waals surface area contributed by atoms with Crippen LogP contribution in [0.25, 0.3) is 0 Å². The van der Waals surface area contributed by atoms with Gasteiger partial charge in [-0.25, -0.2) is 8.42 Å². The van der Waals surface area contributed by atoms with E-state index in [1.54, 1.807) is 4.31 Å². The van der Waals surface area contributed by atoms with Crippen molar-refractivity contribution >= 4 is 10.0 Å². The van der Waals surface area contributed by atoms with Crippen LogP contribution < -0.4 is 0 Å². The lowest BCUT2D eigenvalue weighted by molar-refractivity contribution is 0.258. The smallest absolute Gasteiger partial charge is 0.211 e. The van der Waals surface area contributed by atoms with E-state index >= 15 is 0 Å². The van der Waals surface area contributed by atoms with Crippen LogP contribution >= 0.6 is 0 Å². The molecule has 2 aromatic rings. The number of hydrogen-bond acceptors (Lipinski definition) is 4. The molecule has 0 saturated carbocycles. The van der Waals surface area contributed by atoms with Gasteiger partial charge in [0.2, 0.25) is 10.0 Å². The highest BCUT2D eigenvalue weighted by atomic mass is 32.2. The first-order valence-electron chi connectivity index (χ1n) is 8.64. The number of hydrogen-bond donors (Lipinski definition) is 0. The second kappa shape index (κ2) is 6.23. The molecule has 2 aliphatic heterocycles. The predicted molar refractivity (Wildman–Crippen MR) is 96.2 cm³/mol. The van der Waals surface area contributed by atoms with Crippen LogP contribution in [0.5, 0.6) is 0 Å². The van der Waals surface area contributed by atoms with E-state index in [9.17, 15) is 8.42 Å². The van der Waals surface area contributed by atoms with E-state index < -0.39 is 10.0 Å². The Morgan fingerprint density at radius 3 is 2.52 bits per heavy atom. The normalized spacial score (nSPS) is 27.7. The molecule has 2 fully saturated rings. The molecular formula is C18H24N4O2S. The van der Waals surface area contributed by atoms with Crippen molar-refractivity contribution in [2.45, 2.75) is 12.6 Å². The molecule has 1 aromatic heterocycles. The molecule has 3 heterocycles. The number of aryl methyl sites for hydroxylation is 1. The molecule has 0 spiro atoms. The number of sulfonamides is 1. The van der Waals surface area contributed by atoms with Crippen molar-refractivity contribution in [1.82, 2.24) is 19.0 Å². The third-order valence-electron chi connectivity index (χ3n) is 5.42. The summed E-state index contributed by atoms with van der Waals surface area (Å²) in [5.74, 6) is 0.712. The van der Waals surface area contributed by atoms with Gasteiger partial charge in [0.05, 0.1) is 18.0 Å². The lowest BCUT2D eigenvalue weighted by Gasteiger charge is -2.28.